The number of hydrogen-bond donors (Lipinski definition) is 2. The molecule has 0 radical (unpaired) electrons. The Kier molecular flexibility index (Phi) is 10.7. The van der Waals surface area contributed by atoms with Crippen molar-refractivity contribution < 1.29 is 14.8 Å². The monoisotopic (exact) mass is 206 g/mol. The molecule has 0 heterocycles. The Balaban J connectivity index is 2.98. The molecule has 0 aromatic rings. The van der Waals surface area contributed by atoms with Gasteiger partial charge in [0.2, 0.25) is 0 Å². The van der Waals surface area contributed by atoms with Gasteiger partial charge in [-0.2, -0.15) is 0 Å². The molecule has 0 spiro atoms. The number of likely N-dealkylation sites (N-methyl/N-ethyl adjacent to an activating group) is 1. The van der Waals surface area contributed by atoms with Crippen molar-refractivity contribution >= 4 is 0 Å². The summed E-state index contributed by atoms with van der Waals surface area (Å²) in [7, 11) is 0. The molecule has 5 nitrogen and oxygen atoms in total. The first-order valence-corrected chi connectivity index (χ1v) is 5.25. The summed E-state index contributed by atoms with van der Waals surface area (Å²) >= 11 is 0. The van der Waals surface area contributed by atoms with Crippen LogP contribution in [0.1, 0.15) is 20.3 Å². The van der Waals surface area contributed by atoms with E-state index < -0.39 is 0 Å². The normalized spacial score (nSPS) is 13.1. The van der Waals surface area contributed by atoms with Gasteiger partial charge in [-0.25, -0.2) is 10.1 Å². The van der Waals surface area contributed by atoms with Crippen LogP contribution < -0.4 is 10.5 Å². The minimum atomic E-state index is -0.136. The minimum absolute atomic E-state index is 0.136. The van der Waals surface area contributed by atoms with Gasteiger partial charge in [0.15, 0.2) is 0 Å². The lowest BCUT2D eigenvalue weighted by Gasteiger charge is -2.18. The van der Waals surface area contributed by atoms with Crippen LogP contribution in [0.3, 0.4) is 0 Å². The number of nitrogens with one attached hydrogen (secondary N) is 2. The Bertz CT molecular complexity index is 114. The third-order valence-corrected chi connectivity index (χ3v) is 1.62. The summed E-state index contributed by atoms with van der Waals surface area (Å²) in [5, 5.41) is 13.9. The summed E-state index contributed by atoms with van der Waals surface area (Å²) < 4.78 is 5.22. The minimum Gasteiger partial charge on any atom is -0.600 e. The van der Waals surface area contributed by atoms with Crippen LogP contribution in [0.2, 0.25) is 0 Å². The molecule has 0 bridgehead atoms. The molecule has 0 aliphatic rings. The highest BCUT2D eigenvalue weighted by molar-refractivity contribution is 4.39. The first-order valence-electron chi connectivity index (χ1n) is 5.25. The van der Waals surface area contributed by atoms with Crippen molar-refractivity contribution in [2.24, 2.45) is 0 Å². The Morgan fingerprint density at radius 3 is 2.64 bits per heavy atom. The van der Waals surface area contributed by atoms with Gasteiger partial charge in [0.25, 0.3) is 0 Å². The second kappa shape index (κ2) is 10.9. The lowest BCUT2D eigenvalue weighted by Crippen LogP contribution is -3.06. The van der Waals surface area contributed by atoms with Gasteiger partial charge in [0, 0.05) is 6.54 Å². The van der Waals surface area contributed by atoms with E-state index in [1.54, 1.807) is 0 Å². The highest BCUT2D eigenvalue weighted by atomic mass is 16.9. The van der Waals surface area contributed by atoms with Crippen LogP contribution in [-0.2, 0) is 9.57 Å². The van der Waals surface area contributed by atoms with Gasteiger partial charge < -0.3 is 15.3 Å². The molecule has 1 atom stereocenters. The molecule has 0 aromatic carbocycles. The lowest BCUT2D eigenvalue weighted by molar-refractivity contribution is -1.05. The van der Waals surface area contributed by atoms with E-state index in [9.17, 15) is 5.21 Å². The molecule has 0 saturated carbocycles. The van der Waals surface area contributed by atoms with Crippen LogP contribution in [0.15, 0.2) is 0 Å². The Morgan fingerprint density at radius 1 is 1.21 bits per heavy atom. The molecule has 0 aromatic heterocycles. The maximum atomic E-state index is 10.9. The average Bonchev–Trinajstić information content (AvgIpc) is 2.17. The van der Waals surface area contributed by atoms with Crippen LogP contribution in [0.25, 0.3) is 0 Å². The van der Waals surface area contributed by atoms with Crippen LogP contribution in [0.4, 0.5) is 0 Å². The predicted octanol–water partition coefficient (Wildman–Crippen LogP) is -0.663. The summed E-state index contributed by atoms with van der Waals surface area (Å²) in [6.45, 7) is 7.82. The number of quaternary nitrogens is 1. The van der Waals surface area contributed by atoms with Crippen LogP contribution in [-0.4, -0.2) is 39.5 Å². The van der Waals surface area contributed by atoms with E-state index in [0.29, 0.717) is 26.4 Å². The summed E-state index contributed by atoms with van der Waals surface area (Å²) in [6.07, 6.45) is 0.833. The van der Waals surface area contributed by atoms with Crippen LogP contribution in [0.5, 0.6) is 0 Å². The van der Waals surface area contributed by atoms with Gasteiger partial charge >= 0.3 is 0 Å². The Morgan fingerprint density at radius 2 is 2.00 bits per heavy atom. The number of hydrogen-bond acceptors (Lipinski definition) is 4. The standard InChI is InChI=1S/C9H22N2O3/c1-3-6-11(12)14-9-8-13-7-5-10-4-2/h10-11H,3-9H2,1-2H3. The van der Waals surface area contributed by atoms with Crippen molar-refractivity contribution in [1.29, 1.82) is 0 Å². The summed E-state index contributed by atoms with van der Waals surface area (Å²) in [4.78, 5) is 4.90. The zero-order valence-corrected chi connectivity index (χ0v) is 9.17. The van der Waals surface area contributed by atoms with Crippen LogP contribution >= 0.6 is 0 Å². The third kappa shape index (κ3) is 9.88. The highest BCUT2D eigenvalue weighted by Gasteiger charge is 1.95. The van der Waals surface area contributed by atoms with E-state index in [-0.39, 0.29) is 5.23 Å². The van der Waals surface area contributed by atoms with E-state index in [1.807, 2.05) is 13.8 Å². The van der Waals surface area contributed by atoms with Crippen molar-refractivity contribution in [3.8, 4) is 0 Å². The van der Waals surface area contributed by atoms with E-state index in [1.165, 1.54) is 0 Å². The summed E-state index contributed by atoms with van der Waals surface area (Å²) in [6, 6.07) is 0. The van der Waals surface area contributed by atoms with Gasteiger partial charge in [-0.05, 0) is 13.0 Å². The van der Waals surface area contributed by atoms with E-state index >= 15 is 0 Å². The molecule has 86 valence electrons. The number of hydroxylamine groups is 2. The van der Waals surface area contributed by atoms with Gasteiger partial charge in [-0.1, -0.05) is 13.8 Å². The second-order valence-corrected chi connectivity index (χ2v) is 2.94. The smallest absolute Gasteiger partial charge is 0.130 e. The molecule has 0 fully saturated rings. The van der Waals surface area contributed by atoms with Gasteiger partial charge in [0.1, 0.15) is 13.2 Å². The molecule has 2 N–H and O–H groups in total. The van der Waals surface area contributed by atoms with Crippen molar-refractivity contribution in [2.45, 2.75) is 20.3 Å². The largest absolute Gasteiger partial charge is 0.600 e. The summed E-state index contributed by atoms with van der Waals surface area (Å²) in [5.74, 6) is 0. The SMILES string of the molecule is CCC[NH+]([O-])OCCOCCNCC. The molecule has 0 amide bonds. The van der Waals surface area contributed by atoms with E-state index in [4.69, 9.17) is 9.57 Å². The van der Waals surface area contributed by atoms with Gasteiger partial charge in [0.05, 0.1) is 13.2 Å². The fourth-order valence-corrected chi connectivity index (χ4v) is 0.914. The zero-order chi connectivity index (χ0) is 10.6. The Labute approximate surface area is 85.9 Å². The molecule has 1 unspecified atom stereocenters. The topological polar surface area (TPSA) is 58.0 Å². The first kappa shape index (κ1) is 13.8. The average molecular weight is 206 g/mol. The molecular formula is C9H22N2O3. The molecule has 0 aliphatic heterocycles. The summed E-state index contributed by atoms with van der Waals surface area (Å²) in [5.41, 5.74) is 0. The van der Waals surface area contributed by atoms with Crippen molar-refractivity contribution in [1.82, 2.24) is 5.32 Å². The maximum Gasteiger partial charge on any atom is 0.130 e. The highest BCUT2D eigenvalue weighted by Crippen LogP contribution is 1.73. The fraction of sp³-hybridized carbons (Fsp3) is 1.00. The number of rotatable bonds is 10. The maximum absolute atomic E-state index is 10.9. The third-order valence-electron chi connectivity index (χ3n) is 1.62. The van der Waals surface area contributed by atoms with Crippen LogP contribution in [0, 0.1) is 5.21 Å². The van der Waals surface area contributed by atoms with E-state index in [0.717, 1.165) is 19.5 Å². The van der Waals surface area contributed by atoms with Gasteiger partial charge in [-0.15, -0.1) is 0 Å². The molecule has 0 saturated heterocycles. The Hall–Kier alpha value is -0.200. The molecule has 0 aliphatic carbocycles. The van der Waals surface area contributed by atoms with E-state index in [2.05, 4.69) is 5.32 Å². The molecule has 14 heavy (non-hydrogen) atoms. The number of ether oxygens (including phenoxy) is 1. The lowest BCUT2D eigenvalue weighted by atomic mass is 10.5. The van der Waals surface area contributed by atoms with Crippen molar-refractivity contribution in [3.05, 3.63) is 5.21 Å². The molecule has 0 rings (SSSR count). The quantitative estimate of drug-likeness (QED) is 0.368. The van der Waals surface area contributed by atoms with Gasteiger partial charge in [-0.3, -0.25) is 0 Å². The zero-order valence-electron chi connectivity index (χ0n) is 9.17. The van der Waals surface area contributed by atoms with Crippen molar-refractivity contribution in [3.63, 3.8) is 0 Å². The molecular weight excluding hydrogens is 184 g/mol. The van der Waals surface area contributed by atoms with Crippen molar-refractivity contribution in [2.75, 3.05) is 39.5 Å². The first-order chi connectivity index (χ1) is 6.81. The molecule has 5 heteroatoms. The second-order valence-electron chi connectivity index (χ2n) is 2.94. The fourth-order valence-electron chi connectivity index (χ4n) is 0.914. The predicted molar refractivity (Wildman–Crippen MR) is 54.8 cm³/mol.